The number of ether oxygens (including phenoxy) is 1. The van der Waals surface area contributed by atoms with Gasteiger partial charge >= 0.3 is 0 Å². The average molecular weight is 254 g/mol. The molecule has 0 aromatic heterocycles. The van der Waals surface area contributed by atoms with Crippen molar-refractivity contribution in [1.82, 2.24) is 0 Å². The smallest absolute Gasteiger partial charge is 0.141 e. The number of benzene rings is 2. The fourth-order valence-corrected chi connectivity index (χ4v) is 1.95. The Hall–Kier alpha value is -2.29. The van der Waals surface area contributed by atoms with E-state index >= 15 is 0 Å². The largest absolute Gasteiger partial charge is 0.456 e. The highest BCUT2D eigenvalue weighted by Crippen LogP contribution is 2.29. The molecule has 3 N–H and O–H groups in total. The van der Waals surface area contributed by atoms with Crippen LogP contribution in [-0.2, 0) is 6.42 Å². The molecule has 0 saturated heterocycles. The second-order valence-corrected chi connectivity index (χ2v) is 4.47. The highest BCUT2D eigenvalue weighted by Gasteiger charge is 2.10. The van der Waals surface area contributed by atoms with Crippen LogP contribution in [0.3, 0.4) is 0 Å². The number of hydrogen-bond acceptors (Lipinski definition) is 2. The van der Waals surface area contributed by atoms with Gasteiger partial charge in [-0.2, -0.15) is 0 Å². The van der Waals surface area contributed by atoms with Crippen LogP contribution in [0, 0.1) is 12.3 Å². The predicted molar refractivity (Wildman–Crippen MR) is 78.1 cm³/mol. The van der Waals surface area contributed by atoms with Gasteiger partial charge in [-0.25, -0.2) is 0 Å². The lowest BCUT2D eigenvalue weighted by Gasteiger charge is -2.13. The molecular weight excluding hydrogens is 236 g/mol. The van der Waals surface area contributed by atoms with Crippen molar-refractivity contribution >= 4 is 5.84 Å². The lowest BCUT2D eigenvalue weighted by Crippen LogP contribution is -2.12. The van der Waals surface area contributed by atoms with Gasteiger partial charge < -0.3 is 10.5 Å². The van der Waals surface area contributed by atoms with Gasteiger partial charge in [-0.3, -0.25) is 5.41 Å². The first kappa shape index (κ1) is 13.1. The van der Waals surface area contributed by atoms with Crippen LogP contribution in [0.5, 0.6) is 11.5 Å². The lowest BCUT2D eigenvalue weighted by atomic mass is 10.1. The maximum atomic E-state index is 7.61. The van der Waals surface area contributed by atoms with Crippen molar-refractivity contribution in [1.29, 1.82) is 5.41 Å². The third-order valence-electron chi connectivity index (χ3n) is 3.03. The van der Waals surface area contributed by atoms with Crippen molar-refractivity contribution in [2.24, 2.45) is 5.73 Å². The zero-order chi connectivity index (χ0) is 13.8. The molecule has 0 bridgehead atoms. The molecule has 2 rings (SSSR count). The van der Waals surface area contributed by atoms with Crippen LogP contribution in [0.15, 0.2) is 42.5 Å². The molecule has 0 atom stereocenters. The lowest BCUT2D eigenvalue weighted by molar-refractivity contribution is 0.477. The Morgan fingerprint density at radius 3 is 2.63 bits per heavy atom. The topological polar surface area (TPSA) is 59.1 Å². The van der Waals surface area contributed by atoms with Crippen molar-refractivity contribution in [3.63, 3.8) is 0 Å². The van der Waals surface area contributed by atoms with E-state index in [0.29, 0.717) is 11.3 Å². The van der Waals surface area contributed by atoms with Gasteiger partial charge in [-0.1, -0.05) is 31.2 Å². The Morgan fingerprint density at radius 2 is 1.95 bits per heavy atom. The maximum absolute atomic E-state index is 7.61. The number of amidine groups is 1. The van der Waals surface area contributed by atoms with Gasteiger partial charge in [0.2, 0.25) is 0 Å². The minimum atomic E-state index is 0.0188. The maximum Gasteiger partial charge on any atom is 0.141 e. The van der Waals surface area contributed by atoms with Crippen LogP contribution < -0.4 is 10.5 Å². The van der Waals surface area contributed by atoms with E-state index in [0.717, 1.165) is 17.7 Å². The van der Waals surface area contributed by atoms with Gasteiger partial charge in [0.1, 0.15) is 17.3 Å². The first-order valence-corrected chi connectivity index (χ1v) is 6.32. The van der Waals surface area contributed by atoms with E-state index in [2.05, 4.69) is 13.0 Å². The molecular formula is C16H18N2O. The number of hydrogen-bond donors (Lipinski definition) is 2. The van der Waals surface area contributed by atoms with Crippen LogP contribution in [0.4, 0.5) is 0 Å². The predicted octanol–water partition coefficient (Wildman–Crippen LogP) is 3.63. The monoisotopic (exact) mass is 254 g/mol. The average Bonchev–Trinajstić information content (AvgIpc) is 2.41. The van der Waals surface area contributed by atoms with Crippen molar-refractivity contribution in [3.8, 4) is 11.5 Å². The second kappa shape index (κ2) is 5.57. The Morgan fingerprint density at radius 1 is 1.21 bits per heavy atom. The van der Waals surface area contributed by atoms with Gasteiger partial charge in [0.05, 0.1) is 5.56 Å². The van der Waals surface area contributed by atoms with Crippen molar-refractivity contribution in [3.05, 3.63) is 59.2 Å². The van der Waals surface area contributed by atoms with Crippen LogP contribution in [-0.4, -0.2) is 5.84 Å². The summed E-state index contributed by atoms with van der Waals surface area (Å²) >= 11 is 0. The fraction of sp³-hybridized carbons (Fsp3) is 0.188. The zero-order valence-corrected chi connectivity index (χ0v) is 11.2. The standard InChI is InChI=1S/C16H18N2O/c1-3-12-7-5-8-13(10-12)19-15-11(2)6-4-9-14(15)16(17)18/h4-10H,3H2,1-2H3,(H3,17,18). The summed E-state index contributed by atoms with van der Waals surface area (Å²) in [4.78, 5) is 0. The number of aryl methyl sites for hydroxylation is 2. The molecule has 0 aliphatic heterocycles. The van der Waals surface area contributed by atoms with E-state index in [1.165, 1.54) is 5.56 Å². The third-order valence-corrected chi connectivity index (χ3v) is 3.03. The Labute approximate surface area is 113 Å². The highest BCUT2D eigenvalue weighted by molar-refractivity contribution is 5.98. The molecule has 2 aromatic rings. The normalized spacial score (nSPS) is 10.2. The van der Waals surface area contributed by atoms with Gasteiger partial charge in [0.25, 0.3) is 0 Å². The molecule has 0 unspecified atom stereocenters. The SMILES string of the molecule is CCc1cccc(Oc2c(C)cccc2C(=N)N)c1. The first-order chi connectivity index (χ1) is 9.11. The van der Waals surface area contributed by atoms with Gasteiger partial charge in [0, 0.05) is 0 Å². The van der Waals surface area contributed by atoms with E-state index in [1.807, 2.05) is 37.3 Å². The molecule has 0 aliphatic rings. The highest BCUT2D eigenvalue weighted by atomic mass is 16.5. The van der Waals surface area contributed by atoms with E-state index in [-0.39, 0.29) is 5.84 Å². The number of nitrogen functional groups attached to an aromatic ring is 1. The molecule has 19 heavy (non-hydrogen) atoms. The van der Waals surface area contributed by atoms with E-state index in [4.69, 9.17) is 15.9 Å². The Bertz CT molecular complexity index is 605. The number of para-hydroxylation sites is 1. The summed E-state index contributed by atoms with van der Waals surface area (Å²) in [5.74, 6) is 1.45. The van der Waals surface area contributed by atoms with Gasteiger partial charge in [-0.15, -0.1) is 0 Å². The van der Waals surface area contributed by atoms with E-state index in [1.54, 1.807) is 6.07 Å². The molecule has 0 aliphatic carbocycles. The summed E-state index contributed by atoms with van der Waals surface area (Å²) in [5.41, 5.74) is 8.41. The number of nitrogens with one attached hydrogen (secondary N) is 1. The summed E-state index contributed by atoms with van der Waals surface area (Å²) in [6.07, 6.45) is 0.963. The van der Waals surface area contributed by atoms with Gasteiger partial charge in [0.15, 0.2) is 0 Å². The molecule has 3 heteroatoms. The molecule has 3 nitrogen and oxygen atoms in total. The number of nitrogens with two attached hydrogens (primary N) is 1. The van der Waals surface area contributed by atoms with Gasteiger partial charge in [-0.05, 0) is 42.7 Å². The summed E-state index contributed by atoms with van der Waals surface area (Å²) in [6, 6.07) is 13.6. The number of rotatable bonds is 4. The van der Waals surface area contributed by atoms with Crippen LogP contribution in [0.25, 0.3) is 0 Å². The molecule has 0 fully saturated rings. The molecule has 0 heterocycles. The minimum Gasteiger partial charge on any atom is -0.456 e. The fourth-order valence-electron chi connectivity index (χ4n) is 1.95. The van der Waals surface area contributed by atoms with Crippen molar-refractivity contribution in [2.45, 2.75) is 20.3 Å². The molecule has 2 aromatic carbocycles. The molecule has 0 saturated carbocycles. The minimum absolute atomic E-state index is 0.0188. The summed E-state index contributed by atoms with van der Waals surface area (Å²) < 4.78 is 5.92. The Kier molecular flexibility index (Phi) is 3.85. The third kappa shape index (κ3) is 2.94. The van der Waals surface area contributed by atoms with E-state index in [9.17, 15) is 0 Å². The van der Waals surface area contributed by atoms with Crippen LogP contribution >= 0.6 is 0 Å². The first-order valence-electron chi connectivity index (χ1n) is 6.32. The van der Waals surface area contributed by atoms with Crippen molar-refractivity contribution < 1.29 is 4.74 Å². The summed E-state index contributed by atoms with van der Waals surface area (Å²) in [6.45, 7) is 4.05. The van der Waals surface area contributed by atoms with Crippen LogP contribution in [0.2, 0.25) is 0 Å². The van der Waals surface area contributed by atoms with Crippen LogP contribution in [0.1, 0.15) is 23.6 Å². The van der Waals surface area contributed by atoms with E-state index < -0.39 is 0 Å². The Balaban J connectivity index is 2.40. The quantitative estimate of drug-likeness (QED) is 0.646. The second-order valence-electron chi connectivity index (χ2n) is 4.47. The molecule has 0 spiro atoms. The molecule has 0 amide bonds. The molecule has 98 valence electrons. The molecule has 0 radical (unpaired) electrons. The van der Waals surface area contributed by atoms with Crippen molar-refractivity contribution in [2.75, 3.05) is 0 Å². The summed E-state index contributed by atoms with van der Waals surface area (Å²) in [5, 5.41) is 7.61. The zero-order valence-electron chi connectivity index (χ0n) is 11.2. The summed E-state index contributed by atoms with van der Waals surface area (Å²) in [7, 11) is 0.